The van der Waals surface area contributed by atoms with Crippen molar-refractivity contribution >= 4 is 17.7 Å². The molecule has 0 aromatic heterocycles. The van der Waals surface area contributed by atoms with Crippen LogP contribution in [0.2, 0.25) is 5.02 Å². The van der Waals surface area contributed by atoms with Gasteiger partial charge in [0, 0.05) is 22.4 Å². The fourth-order valence-corrected chi connectivity index (χ4v) is 3.75. The van der Waals surface area contributed by atoms with E-state index in [9.17, 15) is 4.79 Å². The Hall–Kier alpha value is -1.26. The van der Waals surface area contributed by atoms with Gasteiger partial charge in [0.1, 0.15) is 0 Å². The van der Waals surface area contributed by atoms with Gasteiger partial charge in [-0.05, 0) is 51.3 Å². The lowest BCUT2D eigenvalue weighted by molar-refractivity contribution is 0.0677. The largest absolute Gasteiger partial charge is 0.431 e. The van der Waals surface area contributed by atoms with E-state index in [0.29, 0.717) is 6.42 Å². The molecule has 0 unspecified atom stereocenters. The Balaban J connectivity index is 2.10. The Labute approximate surface area is 150 Å². The molecule has 1 saturated carbocycles. The number of carbonyl (C=O) groups excluding carboxylic acids is 1. The van der Waals surface area contributed by atoms with Crippen LogP contribution in [0.3, 0.4) is 0 Å². The summed E-state index contributed by atoms with van der Waals surface area (Å²) in [7, 11) is 0. The molecule has 1 aliphatic rings. The number of alkyl carbamates (subject to hydrolysis) is 1. The first kappa shape index (κ1) is 19.1. The van der Waals surface area contributed by atoms with E-state index in [1.54, 1.807) is 0 Å². The number of rotatable bonds is 4. The molecule has 0 aliphatic heterocycles. The second kappa shape index (κ2) is 7.75. The Kier molecular flexibility index (Phi) is 6.16. The van der Waals surface area contributed by atoms with Crippen LogP contribution in [0.15, 0.2) is 24.3 Å². The Morgan fingerprint density at radius 2 is 2.00 bits per heavy atom. The average molecular weight is 353 g/mol. The molecule has 0 spiro atoms. The molecule has 2 rings (SSSR count). The predicted molar refractivity (Wildman–Crippen MR) is 98.2 cm³/mol. The molecule has 1 amide bonds. The summed E-state index contributed by atoms with van der Waals surface area (Å²) in [6.07, 6.45) is 5.17. The molecule has 0 bridgehead atoms. The predicted octanol–water partition coefficient (Wildman–Crippen LogP) is 4.74. The molecule has 0 saturated heterocycles. The number of hydrogen-bond acceptors (Lipinski definition) is 3. The fraction of sp³-hybridized carbons (Fsp3) is 0.632. The summed E-state index contributed by atoms with van der Waals surface area (Å²) in [6, 6.07) is 8.00. The average Bonchev–Trinajstić information content (AvgIpc) is 2.45. The number of amides is 1. The van der Waals surface area contributed by atoms with Gasteiger partial charge >= 0.3 is 6.09 Å². The van der Waals surface area contributed by atoms with Crippen molar-refractivity contribution in [3.8, 4) is 0 Å². The van der Waals surface area contributed by atoms with Crippen molar-refractivity contribution in [2.24, 2.45) is 5.73 Å². The van der Waals surface area contributed by atoms with Crippen molar-refractivity contribution in [2.75, 3.05) is 0 Å². The highest BCUT2D eigenvalue weighted by Gasteiger charge is 2.36. The van der Waals surface area contributed by atoms with Gasteiger partial charge in [0.2, 0.25) is 0 Å². The number of benzene rings is 1. The summed E-state index contributed by atoms with van der Waals surface area (Å²) in [5.41, 5.74) is 6.96. The smallest absolute Gasteiger partial charge is 0.409 e. The van der Waals surface area contributed by atoms with Crippen LogP contribution in [0, 0.1) is 0 Å². The van der Waals surface area contributed by atoms with Crippen molar-refractivity contribution in [3.05, 3.63) is 34.9 Å². The van der Waals surface area contributed by atoms with Crippen LogP contribution in [-0.2, 0) is 10.2 Å². The van der Waals surface area contributed by atoms with Crippen molar-refractivity contribution < 1.29 is 9.53 Å². The van der Waals surface area contributed by atoms with Gasteiger partial charge in [-0.3, -0.25) is 5.73 Å². The molecule has 24 heavy (non-hydrogen) atoms. The normalized spacial score (nSPS) is 18.7. The topological polar surface area (TPSA) is 64.3 Å². The Morgan fingerprint density at radius 1 is 1.33 bits per heavy atom. The minimum absolute atomic E-state index is 0.0649. The summed E-state index contributed by atoms with van der Waals surface area (Å²) in [5.74, 6) is 0. The third-order valence-electron chi connectivity index (χ3n) is 4.58. The Bertz CT molecular complexity index is 563. The standard InChI is InChI=1S/C19H29ClN2O2/c1-18(2,3)22-17(23)24-16(21)13-19(10-5-4-6-11-19)14-8-7-9-15(20)12-14/h7-9,12,16H,4-6,10-11,13,21H2,1-3H3,(H,22,23)/t16-/m1/s1. The van der Waals surface area contributed by atoms with Gasteiger partial charge in [0.25, 0.3) is 0 Å². The summed E-state index contributed by atoms with van der Waals surface area (Å²) >= 11 is 6.19. The lowest BCUT2D eigenvalue weighted by Gasteiger charge is -2.39. The van der Waals surface area contributed by atoms with Crippen LogP contribution in [0.4, 0.5) is 4.79 Å². The van der Waals surface area contributed by atoms with Crippen molar-refractivity contribution in [1.82, 2.24) is 5.32 Å². The first-order chi connectivity index (χ1) is 11.2. The van der Waals surface area contributed by atoms with Crippen LogP contribution in [0.25, 0.3) is 0 Å². The van der Waals surface area contributed by atoms with Gasteiger partial charge in [-0.15, -0.1) is 0 Å². The van der Waals surface area contributed by atoms with E-state index < -0.39 is 12.3 Å². The molecule has 5 heteroatoms. The first-order valence-electron chi connectivity index (χ1n) is 8.71. The van der Waals surface area contributed by atoms with Crippen LogP contribution in [-0.4, -0.2) is 17.9 Å². The van der Waals surface area contributed by atoms with E-state index in [1.807, 2.05) is 39.0 Å². The minimum atomic E-state index is -0.635. The number of nitrogens with two attached hydrogens (primary N) is 1. The molecule has 4 nitrogen and oxygen atoms in total. The number of hydrogen-bond donors (Lipinski definition) is 2. The SMILES string of the molecule is CC(C)(C)NC(=O)O[C@@H](N)CC1(c2cccc(Cl)c2)CCCCC1. The van der Waals surface area contributed by atoms with Gasteiger partial charge < -0.3 is 10.1 Å². The molecule has 3 N–H and O–H groups in total. The lowest BCUT2D eigenvalue weighted by atomic mass is 9.67. The molecular formula is C19H29ClN2O2. The highest BCUT2D eigenvalue weighted by Crippen LogP contribution is 2.43. The van der Waals surface area contributed by atoms with E-state index in [2.05, 4.69) is 11.4 Å². The summed E-state index contributed by atoms with van der Waals surface area (Å²) in [5, 5.41) is 3.52. The molecule has 1 aromatic rings. The van der Waals surface area contributed by atoms with Crippen LogP contribution in [0.5, 0.6) is 0 Å². The zero-order valence-corrected chi connectivity index (χ0v) is 15.7. The molecule has 1 aliphatic carbocycles. The maximum atomic E-state index is 12.0. The summed E-state index contributed by atoms with van der Waals surface area (Å²) in [4.78, 5) is 12.0. The maximum Gasteiger partial charge on any atom is 0.409 e. The van der Waals surface area contributed by atoms with Gasteiger partial charge in [0.05, 0.1) is 0 Å². The van der Waals surface area contributed by atoms with Gasteiger partial charge in [0.15, 0.2) is 6.23 Å². The lowest BCUT2D eigenvalue weighted by Crippen LogP contribution is -2.45. The molecule has 1 aromatic carbocycles. The van der Waals surface area contributed by atoms with Crippen molar-refractivity contribution in [2.45, 2.75) is 76.5 Å². The zero-order chi connectivity index (χ0) is 17.8. The molecule has 0 radical (unpaired) electrons. The van der Waals surface area contributed by atoms with Gasteiger partial charge in [-0.1, -0.05) is 43.0 Å². The van der Waals surface area contributed by atoms with Crippen LogP contribution in [0.1, 0.15) is 64.9 Å². The van der Waals surface area contributed by atoms with E-state index >= 15 is 0 Å². The monoisotopic (exact) mass is 352 g/mol. The number of ether oxygens (including phenoxy) is 1. The third-order valence-corrected chi connectivity index (χ3v) is 4.81. The second-order valence-electron chi connectivity index (χ2n) is 7.87. The number of halogens is 1. The quantitative estimate of drug-likeness (QED) is 0.769. The first-order valence-corrected chi connectivity index (χ1v) is 9.08. The number of carbonyl (C=O) groups is 1. The van der Waals surface area contributed by atoms with Gasteiger partial charge in [-0.2, -0.15) is 0 Å². The van der Waals surface area contributed by atoms with E-state index in [-0.39, 0.29) is 11.0 Å². The van der Waals surface area contributed by atoms with Crippen molar-refractivity contribution in [1.29, 1.82) is 0 Å². The zero-order valence-electron chi connectivity index (χ0n) is 14.9. The van der Waals surface area contributed by atoms with Crippen LogP contribution < -0.4 is 11.1 Å². The summed E-state index contributed by atoms with van der Waals surface area (Å²) in [6.45, 7) is 5.73. The van der Waals surface area contributed by atoms with Crippen molar-refractivity contribution in [3.63, 3.8) is 0 Å². The highest BCUT2D eigenvalue weighted by molar-refractivity contribution is 6.30. The minimum Gasteiger partial charge on any atom is -0.431 e. The third kappa shape index (κ3) is 5.38. The number of nitrogens with one attached hydrogen (secondary N) is 1. The Morgan fingerprint density at radius 3 is 2.58 bits per heavy atom. The van der Waals surface area contributed by atoms with Crippen LogP contribution >= 0.6 is 11.6 Å². The summed E-state index contributed by atoms with van der Waals surface area (Å²) < 4.78 is 5.40. The maximum absolute atomic E-state index is 12.0. The molecular weight excluding hydrogens is 324 g/mol. The van der Waals surface area contributed by atoms with Gasteiger partial charge in [-0.25, -0.2) is 4.79 Å². The fourth-order valence-electron chi connectivity index (χ4n) is 3.56. The van der Waals surface area contributed by atoms with E-state index in [4.69, 9.17) is 22.1 Å². The van der Waals surface area contributed by atoms with E-state index in [1.165, 1.54) is 12.0 Å². The van der Waals surface area contributed by atoms with E-state index in [0.717, 1.165) is 30.7 Å². The highest BCUT2D eigenvalue weighted by atomic mass is 35.5. The molecule has 134 valence electrons. The molecule has 1 atom stereocenters. The molecule has 0 heterocycles. The second-order valence-corrected chi connectivity index (χ2v) is 8.31. The molecule has 1 fully saturated rings.